The zero-order valence-electron chi connectivity index (χ0n) is 13.6. The first-order valence-corrected chi connectivity index (χ1v) is 8.74. The molecule has 21 heavy (non-hydrogen) atoms. The summed E-state index contributed by atoms with van der Waals surface area (Å²) in [6.07, 6.45) is 7.02. The maximum absolute atomic E-state index is 3.81. The Hall–Kier alpha value is -0.860. The first-order chi connectivity index (χ1) is 10.2. The highest BCUT2D eigenvalue weighted by Gasteiger charge is 2.34. The summed E-state index contributed by atoms with van der Waals surface area (Å²) in [7, 11) is 0. The quantitative estimate of drug-likeness (QED) is 0.910. The lowest BCUT2D eigenvalue weighted by atomic mass is 9.90. The molecule has 2 nitrogen and oxygen atoms in total. The van der Waals surface area contributed by atoms with E-state index in [0.29, 0.717) is 0 Å². The average molecular weight is 286 g/mol. The lowest BCUT2D eigenvalue weighted by Gasteiger charge is -2.39. The molecule has 1 saturated heterocycles. The molecule has 2 unspecified atom stereocenters. The standard InChI is InChI=1S/C19H30N2/c1-16(17-9-6-7-10-17)21-14-8-13-20-19(2,15-21)18-11-4-3-5-12-18/h3-5,11-12,16-17,20H,6-10,13-15H2,1-2H3. The van der Waals surface area contributed by atoms with Crippen molar-refractivity contribution in [2.24, 2.45) is 5.92 Å². The molecule has 2 atom stereocenters. The van der Waals surface area contributed by atoms with Gasteiger partial charge in [-0.05, 0) is 57.7 Å². The van der Waals surface area contributed by atoms with Gasteiger partial charge in [0.2, 0.25) is 0 Å². The molecule has 2 aliphatic rings. The van der Waals surface area contributed by atoms with Crippen LogP contribution in [-0.4, -0.2) is 30.6 Å². The van der Waals surface area contributed by atoms with Gasteiger partial charge in [-0.1, -0.05) is 43.2 Å². The van der Waals surface area contributed by atoms with Gasteiger partial charge in [0, 0.05) is 12.6 Å². The van der Waals surface area contributed by atoms with Gasteiger partial charge in [-0.3, -0.25) is 4.90 Å². The highest BCUT2D eigenvalue weighted by atomic mass is 15.2. The number of benzene rings is 1. The Morgan fingerprint density at radius 1 is 1.14 bits per heavy atom. The maximum Gasteiger partial charge on any atom is 0.0535 e. The van der Waals surface area contributed by atoms with Crippen molar-refractivity contribution in [2.75, 3.05) is 19.6 Å². The Morgan fingerprint density at radius 2 is 1.86 bits per heavy atom. The molecular weight excluding hydrogens is 256 g/mol. The Balaban J connectivity index is 1.76. The average Bonchev–Trinajstić information content (AvgIpc) is 2.97. The number of rotatable bonds is 3. The third-order valence-corrected chi connectivity index (χ3v) is 5.73. The van der Waals surface area contributed by atoms with Gasteiger partial charge in [-0.2, -0.15) is 0 Å². The van der Waals surface area contributed by atoms with Crippen molar-refractivity contribution in [1.82, 2.24) is 10.2 Å². The molecule has 1 aromatic rings. The van der Waals surface area contributed by atoms with Crippen LogP contribution in [0.2, 0.25) is 0 Å². The van der Waals surface area contributed by atoms with Gasteiger partial charge in [-0.25, -0.2) is 0 Å². The van der Waals surface area contributed by atoms with Crippen LogP contribution in [-0.2, 0) is 5.54 Å². The van der Waals surface area contributed by atoms with Crippen LogP contribution in [0.5, 0.6) is 0 Å². The third-order valence-electron chi connectivity index (χ3n) is 5.73. The van der Waals surface area contributed by atoms with Gasteiger partial charge in [0.25, 0.3) is 0 Å². The van der Waals surface area contributed by atoms with Crippen LogP contribution < -0.4 is 5.32 Å². The molecule has 1 heterocycles. The van der Waals surface area contributed by atoms with E-state index >= 15 is 0 Å². The van der Waals surface area contributed by atoms with E-state index in [-0.39, 0.29) is 5.54 Å². The smallest absolute Gasteiger partial charge is 0.0535 e. The van der Waals surface area contributed by atoms with Crippen molar-refractivity contribution in [3.05, 3.63) is 35.9 Å². The summed E-state index contributed by atoms with van der Waals surface area (Å²) in [5.41, 5.74) is 1.51. The SMILES string of the molecule is CC(C1CCCC1)N1CCCNC(C)(c2ccccc2)C1. The van der Waals surface area contributed by atoms with Crippen molar-refractivity contribution in [3.63, 3.8) is 0 Å². The number of hydrogen-bond donors (Lipinski definition) is 1. The predicted molar refractivity (Wildman–Crippen MR) is 89.4 cm³/mol. The van der Waals surface area contributed by atoms with Crippen molar-refractivity contribution in [2.45, 2.75) is 57.5 Å². The van der Waals surface area contributed by atoms with E-state index < -0.39 is 0 Å². The van der Waals surface area contributed by atoms with Crippen molar-refractivity contribution in [1.29, 1.82) is 0 Å². The summed E-state index contributed by atoms with van der Waals surface area (Å²) >= 11 is 0. The monoisotopic (exact) mass is 286 g/mol. The lowest BCUT2D eigenvalue weighted by molar-refractivity contribution is 0.130. The summed E-state index contributed by atoms with van der Waals surface area (Å²) in [6.45, 7) is 8.34. The van der Waals surface area contributed by atoms with E-state index in [2.05, 4.69) is 54.4 Å². The molecule has 1 aromatic carbocycles. The second-order valence-corrected chi connectivity index (χ2v) is 7.23. The van der Waals surface area contributed by atoms with Gasteiger partial charge in [0.05, 0.1) is 5.54 Å². The number of nitrogens with zero attached hydrogens (tertiary/aromatic N) is 1. The Morgan fingerprint density at radius 3 is 2.57 bits per heavy atom. The van der Waals surface area contributed by atoms with Crippen LogP contribution >= 0.6 is 0 Å². The highest BCUT2D eigenvalue weighted by Crippen LogP contribution is 2.33. The van der Waals surface area contributed by atoms with E-state index in [4.69, 9.17) is 0 Å². The Bertz CT molecular complexity index is 438. The van der Waals surface area contributed by atoms with E-state index in [9.17, 15) is 0 Å². The fraction of sp³-hybridized carbons (Fsp3) is 0.684. The molecule has 3 rings (SSSR count). The molecular formula is C19H30N2. The largest absolute Gasteiger partial charge is 0.307 e. The van der Waals surface area contributed by atoms with Crippen LogP contribution in [0.1, 0.15) is 51.5 Å². The Kier molecular flexibility index (Phi) is 4.66. The molecule has 2 fully saturated rings. The topological polar surface area (TPSA) is 15.3 Å². The Labute approximate surface area is 129 Å². The molecule has 1 aliphatic heterocycles. The first kappa shape index (κ1) is 15.1. The van der Waals surface area contributed by atoms with E-state index in [0.717, 1.165) is 25.0 Å². The molecule has 116 valence electrons. The lowest BCUT2D eigenvalue weighted by Crippen LogP contribution is -2.49. The van der Waals surface area contributed by atoms with Gasteiger partial charge in [-0.15, -0.1) is 0 Å². The second-order valence-electron chi connectivity index (χ2n) is 7.23. The van der Waals surface area contributed by atoms with Gasteiger partial charge in [0.15, 0.2) is 0 Å². The maximum atomic E-state index is 3.81. The predicted octanol–water partition coefficient (Wildman–Crippen LogP) is 3.78. The molecule has 0 spiro atoms. The molecule has 0 radical (unpaired) electrons. The van der Waals surface area contributed by atoms with Crippen molar-refractivity contribution >= 4 is 0 Å². The summed E-state index contributed by atoms with van der Waals surface area (Å²) < 4.78 is 0. The zero-order valence-corrected chi connectivity index (χ0v) is 13.6. The molecule has 1 N–H and O–H groups in total. The molecule has 0 bridgehead atoms. The van der Waals surface area contributed by atoms with Crippen LogP contribution in [0, 0.1) is 5.92 Å². The normalized spacial score (nSPS) is 30.2. The van der Waals surface area contributed by atoms with Gasteiger partial charge >= 0.3 is 0 Å². The minimum Gasteiger partial charge on any atom is -0.307 e. The van der Waals surface area contributed by atoms with Crippen molar-refractivity contribution in [3.8, 4) is 0 Å². The number of hydrogen-bond acceptors (Lipinski definition) is 2. The summed E-state index contributed by atoms with van der Waals surface area (Å²) in [5, 5.41) is 3.81. The van der Waals surface area contributed by atoms with Crippen LogP contribution in [0.4, 0.5) is 0 Å². The van der Waals surface area contributed by atoms with Crippen molar-refractivity contribution < 1.29 is 0 Å². The van der Waals surface area contributed by atoms with Gasteiger partial charge in [0.1, 0.15) is 0 Å². The zero-order chi connectivity index (χ0) is 14.7. The molecule has 0 aromatic heterocycles. The molecule has 0 amide bonds. The summed E-state index contributed by atoms with van der Waals surface area (Å²) in [4.78, 5) is 2.75. The van der Waals surface area contributed by atoms with E-state index in [1.807, 2.05) is 0 Å². The minimum absolute atomic E-state index is 0.0879. The first-order valence-electron chi connectivity index (χ1n) is 8.74. The fourth-order valence-electron chi connectivity index (χ4n) is 4.27. The van der Waals surface area contributed by atoms with Gasteiger partial charge < -0.3 is 5.32 Å². The third kappa shape index (κ3) is 3.32. The number of nitrogens with one attached hydrogen (secondary N) is 1. The van der Waals surface area contributed by atoms with E-state index in [1.165, 1.54) is 44.2 Å². The highest BCUT2D eigenvalue weighted by molar-refractivity contribution is 5.24. The van der Waals surface area contributed by atoms with E-state index in [1.54, 1.807) is 0 Å². The second kappa shape index (κ2) is 6.50. The fourth-order valence-corrected chi connectivity index (χ4v) is 4.27. The summed E-state index contributed by atoms with van der Waals surface area (Å²) in [5.74, 6) is 0.920. The van der Waals surface area contributed by atoms with Crippen LogP contribution in [0.25, 0.3) is 0 Å². The van der Waals surface area contributed by atoms with Crippen LogP contribution in [0.3, 0.4) is 0 Å². The molecule has 2 heteroatoms. The molecule has 1 saturated carbocycles. The minimum atomic E-state index is 0.0879. The summed E-state index contributed by atoms with van der Waals surface area (Å²) in [6, 6.07) is 11.7. The van der Waals surface area contributed by atoms with Crippen LogP contribution in [0.15, 0.2) is 30.3 Å². The molecule has 1 aliphatic carbocycles.